The molecule has 0 amide bonds. The summed E-state index contributed by atoms with van der Waals surface area (Å²) in [5.74, 6) is -6.89. The summed E-state index contributed by atoms with van der Waals surface area (Å²) in [6.07, 6.45) is 4.88. The molecule has 0 atom stereocenters. The van der Waals surface area contributed by atoms with Crippen molar-refractivity contribution in [3.8, 4) is 11.5 Å². The first-order valence-electron chi connectivity index (χ1n) is 22.6. The number of rotatable bonds is 31. The fraction of sp³-hybridized carbons (Fsp3) is 0.560. The molecule has 0 saturated carbocycles. The summed E-state index contributed by atoms with van der Waals surface area (Å²) in [7, 11) is 0. The van der Waals surface area contributed by atoms with E-state index in [1.165, 1.54) is 79.7 Å². The fourth-order valence-corrected chi connectivity index (χ4v) is 5.09. The average molecular weight is 993 g/mol. The van der Waals surface area contributed by atoms with Crippen LogP contribution in [-0.2, 0) is 85.7 Å². The summed E-state index contributed by atoms with van der Waals surface area (Å²) in [4.78, 5) is 95.7. The molecule has 0 radical (unpaired) electrons. The van der Waals surface area contributed by atoms with Gasteiger partial charge >= 0.3 is 47.8 Å². The minimum absolute atomic E-state index is 0.0991. The van der Waals surface area contributed by atoms with Crippen molar-refractivity contribution in [3.63, 3.8) is 0 Å². The lowest BCUT2D eigenvalue weighted by Gasteiger charge is -2.24. The van der Waals surface area contributed by atoms with Crippen LogP contribution < -0.4 is 9.47 Å². The van der Waals surface area contributed by atoms with Crippen molar-refractivity contribution in [2.75, 3.05) is 39.6 Å². The third-order valence-electron chi connectivity index (χ3n) is 8.74. The Hall–Kier alpha value is -6.86. The molecular weight excluding hydrogens is 921 g/mol. The molecule has 1 aromatic carbocycles. The average Bonchev–Trinajstić information content (AvgIpc) is 3.27. The maximum atomic E-state index is 12.2. The Morgan fingerprint density at radius 3 is 0.800 bits per heavy atom. The van der Waals surface area contributed by atoms with Crippen molar-refractivity contribution >= 4 is 47.8 Å². The van der Waals surface area contributed by atoms with Gasteiger partial charge in [-0.3, -0.25) is 0 Å². The zero-order valence-corrected chi connectivity index (χ0v) is 42.8. The largest absolute Gasteiger partial charge is 0.469 e. The molecule has 1 aromatic rings. The highest BCUT2D eigenvalue weighted by Crippen LogP contribution is 2.24. The number of ether oxygens (including phenoxy) is 12. The zero-order chi connectivity index (χ0) is 53.9. The molecule has 1 rings (SSSR count). The molecule has 0 aliphatic heterocycles. The molecule has 0 bridgehead atoms. The third-order valence-corrected chi connectivity index (χ3v) is 8.74. The Balaban J connectivity index is 0.00000136. The first kappa shape index (κ1) is 63.1. The Bertz CT molecular complexity index is 1850. The summed E-state index contributed by atoms with van der Waals surface area (Å²) in [5.41, 5.74) is -5.53. The Kier molecular flexibility index (Phi) is 27.6. The normalized spacial score (nSPS) is 11.1. The van der Waals surface area contributed by atoms with Crippen LogP contribution in [0.3, 0.4) is 0 Å². The second kappa shape index (κ2) is 30.6. The van der Waals surface area contributed by atoms with Gasteiger partial charge in [0.1, 0.15) is 11.5 Å². The van der Waals surface area contributed by atoms with E-state index in [2.05, 4.69) is 26.3 Å². The van der Waals surface area contributed by atoms with Crippen LogP contribution in [-0.4, -0.2) is 110 Å². The van der Waals surface area contributed by atoms with Gasteiger partial charge in [-0.05, 0) is 147 Å². The predicted octanol–water partition coefficient (Wildman–Crippen LogP) is 7.40. The molecule has 0 aliphatic rings. The van der Waals surface area contributed by atoms with E-state index >= 15 is 0 Å². The maximum absolute atomic E-state index is 12.2. The second-order valence-electron chi connectivity index (χ2n) is 16.7. The molecule has 0 unspecified atom stereocenters. The van der Waals surface area contributed by atoms with E-state index in [0.717, 1.165) is 25.7 Å². The SMILES string of the molecule is C=C(OC(C)(C)C(=O)OCC)C(=O)OCCCCCCCCOC(=O)C(=C)OC(C)(C)C(=O)OCC.C=C(OC(C)(C)C(=O)OCC)C(=O)Oc1ccc(OC(=O)C(=C)OC(C)(C)C(=O)OCC)cc1. The molecule has 0 saturated heterocycles. The van der Waals surface area contributed by atoms with E-state index in [0.29, 0.717) is 12.8 Å². The molecule has 392 valence electrons. The third kappa shape index (κ3) is 23.9. The highest BCUT2D eigenvalue weighted by Gasteiger charge is 2.37. The predicted molar refractivity (Wildman–Crippen MR) is 251 cm³/mol. The molecule has 0 fully saturated rings. The number of esters is 8. The fourth-order valence-electron chi connectivity index (χ4n) is 5.09. The van der Waals surface area contributed by atoms with Crippen LogP contribution in [0, 0.1) is 0 Å². The van der Waals surface area contributed by atoms with Crippen LogP contribution in [0.2, 0.25) is 0 Å². The van der Waals surface area contributed by atoms with Crippen LogP contribution in [0.1, 0.15) is 122 Å². The molecule has 0 aliphatic carbocycles. The van der Waals surface area contributed by atoms with E-state index in [1.54, 1.807) is 27.7 Å². The number of hydrogen-bond acceptors (Lipinski definition) is 20. The van der Waals surface area contributed by atoms with Crippen molar-refractivity contribution in [1.82, 2.24) is 0 Å². The van der Waals surface area contributed by atoms with Gasteiger partial charge in [0.25, 0.3) is 0 Å². The van der Waals surface area contributed by atoms with Crippen LogP contribution in [0.15, 0.2) is 73.6 Å². The van der Waals surface area contributed by atoms with Crippen LogP contribution in [0.5, 0.6) is 11.5 Å². The summed E-state index contributed by atoms with van der Waals surface area (Å²) < 4.78 is 61.3. The highest BCUT2D eigenvalue weighted by atomic mass is 16.6. The van der Waals surface area contributed by atoms with E-state index < -0.39 is 81.7 Å². The van der Waals surface area contributed by atoms with Crippen molar-refractivity contribution in [3.05, 3.63) is 73.6 Å². The maximum Gasteiger partial charge on any atom is 0.378 e. The quantitative estimate of drug-likeness (QED) is 0.0175. The summed E-state index contributed by atoms with van der Waals surface area (Å²) in [5, 5.41) is 0. The molecule has 20 heteroatoms. The van der Waals surface area contributed by atoms with Crippen molar-refractivity contribution in [2.24, 2.45) is 0 Å². The number of hydrogen-bond donors (Lipinski definition) is 0. The van der Waals surface area contributed by atoms with Crippen LogP contribution in [0.4, 0.5) is 0 Å². The molecule has 0 aromatic heterocycles. The Morgan fingerprint density at radius 1 is 0.357 bits per heavy atom. The molecule has 0 N–H and O–H groups in total. The van der Waals surface area contributed by atoms with Gasteiger partial charge in [-0.1, -0.05) is 25.7 Å². The number of carbonyl (C=O) groups is 8. The Labute approximate surface area is 410 Å². The zero-order valence-electron chi connectivity index (χ0n) is 42.8. The molecule has 0 heterocycles. The van der Waals surface area contributed by atoms with Gasteiger partial charge in [-0.25, -0.2) is 38.4 Å². The Morgan fingerprint density at radius 2 is 0.571 bits per heavy atom. The van der Waals surface area contributed by atoms with E-state index in [9.17, 15) is 38.4 Å². The van der Waals surface area contributed by atoms with Gasteiger partial charge in [0.2, 0.25) is 22.4 Å². The van der Waals surface area contributed by atoms with Gasteiger partial charge < -0.3 is 56.8 Å². The molecular formula is C50H72O20. The van der Waals surface area contributed by atoms with Gasteiger partial charge in [0.05, 0.1) is 39.6 Å². The van der Waals surface area contributed by atoms with Gasteiger partial charge in [0, 0.05) is 0 Å². The van der Waals surface area contributed by atoms with E-state index in [1.807, 2.05) is 0 Å². The lowest BCUT2D eigenvalue weighted by atomic mass is 10.1. The van der Waals surface area contributed by atoms with Crippen molar-refractivity contribution in [2.45, 2.75) is 144 Å². The van der Waals surface area contributed by atoms with Crippen LogP contribution >= 0.6 is 0 Å². The smallest absolute Gasteiger partial charge is 0.378 e. The van der Waals surface area contributed by atoms with Crippen molar-refractivity contribution in [1.29, 1.82) is 0 Å². The highest BCUT2D eigenvalue weighted by molar-refractivity contribution is 5.90. The topological polar surface area (TPSA) is 247 Å². The minimum Gasteiger partial charge on any atom is -0.469 e. The van der Waals surface area contributed by atoms with Gasteiger partial charge in [-0.15, -0.1) is 0 Å². The van der Waals surface area contributed by atoms with Gasteiger partial charge in [0.15, 0.2) is 23.0 Å². The number of carbonyl (C=O) groups excluding carboxylic acids is 8. The number of unbranched alkanes of at least 4 members (excludes halogenated alkanes) is 5. The summed E-state index contributed by atoms with van der Waals surface area (Å²) in [6, 6.07) is 5.43. The van der Waals surface area contributed by atoms with Crippen molar-refractivity contribution < 1.29 is 95.2 Å². The molecule has 20 nitrogen and oxygen atoms in total. The molecule has 70 heavy (non-hydrogen) atoms. The monoisotopic (exact) mass is 992 g/mol. The second-order valence-corrected chi connectivity index (χ2v) is 16.7. The molecule has 0 spiro atoms. The van der Waals surface area contributed by atoms with Gasteiger partial charge in [-0.2, -0.15) is 0 Å². The first-order chi connectivity index (χ1) is 32.5. The lowest BCUT2D eigenvalue weighted by Crippen LogP contribution is -2.38. The summed E-state index contributed by atoms with van der Waals surface area (Å²) >= 11 is 0. The number of benzene rings is 1. The van der Waals surface area contributed by atoms with E-state index in [-0.39, 0.29) is 62.7 Å². The summed E-state index contributed by atoms with van der Waals surface area (Å²) in [6.45, 7) is 33.4. The first-order valence-corrected chi connectivity index (χ1v) is 22.6. The van der Waals surface area contributed by atoms with Crippen LogP contribution in [0.25, 0.3) is 0 Å². The standard InChI is InChI=1S/C26H42O10.C24H30O10/c1-9-31-23(29)25(5,6)35-19(3)21(27)33-17-15-13-11-12-14-16-18-34-22(28)20(4)36-26(7,8)24(30)32-10-2;1-9-29-21(27)23(5,6)33-15(3)19(25)31-17-11-13-18(14-12-17)32-20(26)16(4)34-24(7,8)22(28)30-10-2/h3-4,9-18H2,1-2,5-8H3;11-14H,3-4,9-10H2,1-2,5-8H3. The van der Waals surface area contributed by atoms with E-state index in [4.69, 9.17) is 56.8 Å². The minimum atomic E-state index is -1.43. The lowest BCUT2D eigenvalue weighted by molar-refractivity contribution is -0.167.